The molecule has 45 heavy (non-hydrogen) atoms. The zero-order chi connectivity index (χ0) is 31.6. The summed E-state index contributed by atoms with van der Waals surface area (Å²) in [6.07, 6.45) is 3.83. The van der Waals surface area contributed by atoms with Gasteiger partial charge >= 0.3 is 6.03 Å². The van der Waals surface area contributed by atoms with Crippen LogP contribution in [0.1, 0.15) is 25.7 Å². The molecule has 236 valence electrons. The SMILES string of the molecule is NC(=O)C1(C(=O)Nc2ccc(Oc3ccnc(N(C(=O)N4CCC(N5CCNCC5)CC4)c4ccc(F)cc4)c3)cc2F)CC1. The van der Waals surface area contributed by atoms with Gasteiger partial charge in [-0.2, -0.15) is 0 Å². The highest BCUT2D eigenvalue weighted by Gasteiger charge is 2.55. The van der Waals surface area contributed by atoms with Crippen molar-refractivity contribution in [1.82, 2.24) is 20.1 Å². The Morgan fingerprint density at radius 3 is 2.29 bits per heavy atom. The fourth-order valence-corrected chi connectivity index (χ4v) is 5.88. The highest BCUT2D eigenvalue weighted by Crippen LogP contribution is 2.46. The maximum Gasteiger partial charge on any atom is 0.330 e. The summed E-state index contributed by atoms with van der Waals surface area (Å²) in [7, 11) is 0. The van der Waals surface area contributed by atoms with E-state index in [0.29, 0.717) is 37.7 Å². The molecule has 3 heterocycles. The topological polar surface area (TPSA) is 133 Å². The number of nitrogens with two attached hydrogens (primary N) is 1. The van der Waals surface area contributed by atoms with Gasteiger partial charge in [0.05, 0.1) is 11.4 Å². The molecule has 3 aromatic rings. The van der Waals surface area contributed by atoms with Gasteiger partial charge in [0.1, 0.15) is 34.4 Å². The van der Waals surface area contributed by atoms with Crippen molar-refractivity contribution in [2.24, 2.45) is 11.1 Å². The first-order valence-corrected chi connectivity index (χ1v) is 15.1. The van der Waals surface area contributed by atoms with E-state index in [1.807, 2.05) is 0 Å². The Morgan fingerprint density at radius 2 is 1.64 bits per heavy atom. The van der Waals surface area contributed by atoms with E-state index in [-0.39, 0.29) is 29.0 Å². The summed E-state index contributed by atoms with van der Waals surface area (Å²) in [6.45, 7) is 5.07. The number of benzene rings is 2. The predicted octanol–water partition coefficient (Wildman–Crippen LogP) is 3.98. The lowest BCUT2D eigenvalue weighted by Crippen LogP contribution is -2.54. The number of carbonyl (C=O) groups excluding carboxylic acids is 3. The first kappa shape index (κ1) is 30.4. The number of primary amides is 1. The number of rotatable bonds is 8. The first-order chi connectivity index (χ1) is 21.7. The molecule has 3 fully saturated rings. The first-order valence-electron chi connectivity index (χ1n) is 15.1. The number of anilines is 3. The number of urea groups is 1. The van der Waals surface area contributed by atoms with Crippen LogP contribution in [0.3, 0.4) is 0 Å². The van der Waals surface area contributed by atoms with Crippen molar-refractivity contribution in [2.45, 2.75) is 31.7 Å². The average molecular weight is 620 g/mol. The molecular weight excluding hydrogens is 584 g/mol. The standard InChI is InChI=1S/C32H35F2N7O4/c33-21-1-3-23(4-2-21)41(31(44)40-15-8-22(9-16-40)39-17-13-36-14-18-39)28-20-25(7-12-37-28)45-24-5-6-27(26(34)19-24)38-30(43)32(10-11-32)29(35)42/h1-7,12,19-20,22,36H,8-11,13-18H2,(H2,35,42)(H,38,43). The van der Waals surface area contributed by atoms with Crippen molar-refractivity contribution in [3.63, 3.8) is 0 Å². The number of halogens is 2. The van der Waals surface area contributed by atoms with Crippen LogP contribution in [0.2, 0.25) is 0 Å². The minimum Gasteiger partial charge on any atom is -0.457 e. The molecule has 2 aromatic carbocycles. The zero-order valence-electron chi connectivity index (χ0n) is 24.7. The van der Waals surface area contributed by atoms with Gasteiger partial charge in [-0.25, -0.2) is 23.5 Å². The van der Waals surface area contributed by atoms with Crippen molar-refractivity contribution in [3.8, 4) is 11.5 Å². The van der Waals surface area contributed by atoms with Gasteiger partial charge in [-0.3, -0.25) is 14.5 Å². The van der Waals surface area contributed by atoms with E-state index in [0.717, 1.165) is 45.1 Å². The molecule has 0 unspecified atom stereocenters. The van der Waals surface area contributed by atoms with Crippen LogP contribution in [-0.4, -0.2) is 77.9 Å². The number of ether oxygens (including phenoxy) is 1. The van der Waals surface area contributed by atoms with Gasteiger partial charge in [-0.05, 0) is 68.1 Å². The molecule has 4 amide bonds. The third-order valence-electron chi connectivity index (χ3n) is 8.71. The number of piperazine rings is 1. The number of nitrogens with zero attached hydrogens (tertiary/aromatic N) is 4. The van der Waals surface area contributed by atoms with Crippen molar-refractivity contribution in [3.05, 3.63) is 72.4 Å². The number of likely N-dealkylation sites (tertiary alicyclic amines) is 1. The van der Waals surface area contributed by atoms with Crippen LogP contribution in [0.4, 0.5) is 30.8 Å². The van der Waals surface area contributed by atoms with Gasteiger partial charge in [0.25, 0.3) is 0 Å². The smallest absolute Gasteiger partial charge is 0.330 e. The molecule has 3 aliphatic rings. The second-order valence-electron chi connectivity index (χ2n) is 11.6. The van der Waals surface area contributed by atoms with E-state index in [9.17, 15) is 23.2 Å². The molecule has 11 nitrogen and oxygen atoms in total. The fraction of sp³-hybridized carbons (Fsp3) is 0.375. The van der Waals surface area contributed by atoms with E-state index >= 15 is 0 Å². The lowest BCUT2D eigenvalue weighted by molar-refractivity contribution is -0.132. The quantitative estimate of drug-likeness (QED) is 0.325. The number of pyridine rings is 1. The lowest BCUT2D eigenvalue weighted by atomic mass is 10.0. The molecule has 0 spiro atoms. The molecule has 1 saturated carbocycles. The van der Waals surface area contributed by atoms with Gasteiger partial charge in [-0.15, -0.1) is 0 Å². The Balaban J connectivity index is 1.18. The third-order valence-corrected chi connectivity index (χ3v) is 8.71. The Morgan fingerprint density at radius 1 is 0.956 bits per heavy atom. The molecule has 6 rings (SSSR count). The Labute approximate surface area is 259 Å². The van der Waals surface area contributed by atoms with Crippen molar-refractivity contribution in [2.75, 3.05) is 49.5 Å². The molecule has 2 aliphatic heterocycles. The summed E-state index contributed by atoms with van der Waals surface area (Å²) >= 11 is 0. The van der Waals surface area contributed by atoms with E-state index in [2.05, 4.69) is 20.5 Å². The summed E-state index contributed by atoms with van der Waals surface area (Å²) < 4.78 is 34.7. The monoisotopic (exact) mass is 619 g/mol. The van der Waals surface area contributed by atoms with Crippen molar-refractivity contribution in [1.29, 1.82) is 0 Å². The largest absolute Gasteiger partial charge is 0.457 e. The van der Waals surface area contributed by atoms with Crippen molar-refractivity contribution >= 4 is 35.0 Å². The number of hydrogen-bond donors (Lipinski definition) is 3. The van der Waals surface area contributed by atoms with Crippen LogP contribution in [0, 0.1) is 17.0 Å². The number of hydrogen-bond acceptors (Lipinski definition) is 7. The van der Waals surface area contributed by atoms with E-state index in [4.69, 9.17) is 10.5 Å². The number of nitrogens with one attached hydrogen (secondary N) is 2. The second-order valence-corrected chi connectivity index (χ2v) is 11.6. The van der Waals surface area contributed by atoms with Crippen LogP contribution in [0.15, 0.2) is 60.8 Å². The highest BCUT2D eigenvalue weighted by atomic mass is 19.1. The maximum atomic E-state index is 14.9. The van der Waals surface area contributed by atoms with Gasteiger partial charge < -0.3 is 26.0 Å². The van der Waals surface area contributed by atoms with E-state index in [1.165, 1.54) is 47.5 Å². The number of carbonyl (C=O) groups is 3. The summed E-state index contributed by atoms with van der Waals surface area (Å²) in [5, 5.41) is 5.81. The van der Waals surface area contributed by atoms with Gasteiger partial charge in [0.2, 0.25) is 11.8 Å². The molecule has 1 aromatic heterocycles. The van der Waals surface area contributed by atoms with Gasteiger partial charge in [0, 0.05) is 63.6 Å². The molecule has 4 N–H and O–H groups in total. The predicted molar refractivity (Wildman–Crippen MR) is 163 cm³/mol. The summed E-state index contributed by atoms with van der Waals surface area (Å²) in [6, 6.07) is 12.7. The molecule has 1 aliphatic carbocycles. The summed E-state index contributed by atoms with van der Waals surface area (Å²) in [5.74, 6) is -1.91. The maximum absolute atomic E-state index is 14.9. The van der Waals surface area contributed by atoms with Gasteiger partial charge in [-0.1, -0.05) is 0 Å². The minimum absolute atomic E-state index is 0.107. The fourth-order valence-electron chi connectivity index (χ4n) is 5.88. The van der Waals surface area contributed by atoms with Crippen LogP contribution in [0.25, 0.3) is 0 Å². The summed E-state index contributed by atoms with van der Waals surface area (Å²) in [5.41, 5.74) is 4.38. The lowest BCUT2D eigenvalue weighted by Gasteiger charge is -2.41. The van der Waals surface area contributed by atoms with Crippen LogP contribution < -0.4 is 26.0 Å². The highest BCUT2D eigenvalue weighted by molar-refractivity contribution is 6.12. The van der Waals surface area contributed by atoms with E-state index in [1.54, 1.807) is 17.0 Å². The van der Waals surface area contributed by atoms with Crippen molar-refractivity contribution < 1.29 is 27.9 Å². The number of amides is 4. The molecule has 2 saturated heterocycles. The minimum atomic E-state index is -1.29. The van der Waals surface area contributed by atoms with Gasteiger partial charge in [0.15, 0.2) is 0 Å². The van der Waals surface area contributed by atoms with E-state index < -0.39 is 28.9 Å². The normalized spacial score (nSPS) is 18.2. The molecule has 0 bridgehead atoms. The molecule has 0 atom stereocenters. The molecule has 13 heteroatoms. The number of aromatic nitrogens is 1. The molecular formula is C32H35F2N7O4. The molecule has 0 radical (unpaired) electrons. The second kappa shape index (κ2) is 12.8. The van der Waals surface area contributed by atoms with Crippen LogP contribution in [0.5, 0.6) is 11.5 Å². The third kappa shape index (κ3) is 6.59. The summed E-state index contributed by atoms with van der Waals surface area (Å²) in [4.78, 5) is 48.2. The average Bonchev–Trinajstić information content (AvgIpc) is 3.87. The van der Waals surface area contributed by atoms with Crippen LogP contribution in [-0.2, 0) is 9.59 Å². The number of piperidine rings is 1. The Hall–Kier alpha value is -4.62. The Bertz CT molecular complexity index is 1570. The Kier molecular flexibility index (Phi) is 8.63. The zero-order valence-corrected chi connectivity index (χ0v) is 24.7. The van der Waals surface area contributed by atoms with Crippen LogP contribution >= 0.6 is 0 Å².